The third kappa shape index (κ3) is 2.29. The molecule has 1 fully saturated rings. The van der Waals surface area contributed by atoms with Crippen molar-refractivity contribution < 1.29 is 19.2 Å². The van der Waals surface area contributed by atoms with Crippen LogP contribution in [0.3, 0.4) is 0 Å². The lowest BCUT2D eigenvalue weighted by Gasteiger charge is -2.32. The van der Waals surface area contributed by atoms with E-state index in [2.05, 4.69) is 0 Å². The predicted octanol–water partition coefficient (Wildman–Crippen LogP) is 1.57. The third-order valence-electron chi connectivity index (χ3n) is 4.24. The van der Waals surface area contributed by atoms with Gasteiger partial charge in [0, 0.05) is 5.69 Å². The monoisotopic (exact) mass is 277 g/mol. The number of benzene rings is 1. The van der Waals surface area contributed by atoms with Gasteiger partial charge in [-0.1, -0.05) is 0 Å². The Morgan fingerprint density at radius 3 is 2.15 bits per heavy atom. The molecular formula is C14H20BNO4. The summed E-state index contributed by atoms with van der Waals surface area (Å²) in [7, 11) is -0.610. The van der Waals surface area contributed by atoms with Gasteiger partial charge in [-0.05, 0) is 57.8 Å². The molecule has 2 rings (SSSR count). The quantitative estimate of drug-likeness (QED) is 0.633. The molecule has 0 saturated carbocycles. The molecule has 1 heterocycles. The van der Waals surface area contributed by atoms with Crippen molar-refractivity contribution in [2.45, 2.75) is 45.8 Å². The molecule has 0 amide bonds. The number of carbonyl (C=O) groups is 1. The molecule has 1 aromatic carbocycles. The van der Waals surface area contributed by atoms with Crippen LogP contribution in [-0.2, 0) is 9.31 Å². The summed E-state index contributed by atoms with van der Waals surface area (Å²) in [5.41, 5.74) is 6.96. The Hall–Kier alpha value is -1.53. The highest BCUT2D eigenvalue weighted by Gasteiger charge is 2.52. The number of nitrogens with two attached hydrogens (primary N) is 1. The van der Waals surface area contributed by atoms with E-state index in [1.165, 1.54) is 6.07 Å². The average molecular weight is 277 g/mol. The lowest BCUT2D eigenvalue weighted by Crippen LogP contribution is -2.41. The van der Waals surface area contributed by atoms with E-state index in [9.17, 15) is 4.79 Å². The van der Waals surface area contributed by atoms with Crippen LogP contribution in [0, 0.1) is 6.92 Å². The normalized spacial score (nSPS) is 20.1. The first-order chi connectivity index (χ1) is 9.05. The van der Waals surface area contributed by atoms with Gasteiger partial charge in [0.05, 0.1) is 16.8 Å². The maximum atomic E-state index is 11.1. The number of hydrogen-bond donors (Lipinski definition) is 2. The van der Waals surface area contributed by atoms with Crippen LogP contribution in [0.25, 0.3) is 0 Å². The van der Waals surface area contributed by atoms with Crippen LogP contribution in [0.2, 0.25) is 0 Å². The van der Waals surface area contributed by atoms with Gasteiger partial charge in [0.15, 0.2) is 0 Å². The second kappa shape index (κ2) is 4.50. The average Bonchev–Trinajstić information content (AvgIpc) is 2.51. The molecule has 0 atom stereocenters. The maximum Gasteiger partial charge on any atom is 0.495 e. The summed E-state index contributed by atoms with van der Waals surface area (Å²) in [4.78, 5) is 11.1. The Kier molecular flexibility index (Phi) is 3.35. The van der Waals surface area contributed by atoms with Gasteiger partial charge in [0.1, 0.15) is 0 Å². The Morgan fingerprint density at radius 1 is 1.20 bits per heavy atom. The van der Waals surface area contributed by atoms with Gasteiger partial charge >= 0.3 is 13.1 Å². The number of hydrogen-bond acceptors (Lipinski definition) is 4. The summed E-state index contributed by atoms with van der Waals surface area (Å²) in [6.45, 7) is 9.64. The Bertz CT molecular complexity index is 553. The van der Waals surface area contributed by atoms with E-state index in [0.29, 0.717) is 11.2 Å². The smallest absolute Gasteiger partial charge is 0.478 e. The summed E-state index contributed by atoms with van der Waals surface area (Å²) < 4.78 is 11.9. The molecule has 0 aromatic heterocycles. The highest BCUT2D eigenvalue weighted by Crippen LogP contribution is 2.37. The van der Waals surface area contributed by atoms with E-state index >= 15 is 0 Å². The molecule has 108 valence electrons. The van der Waals surface area contributed by atoms with Crippen LogP contribution in [0.15, 0.2) is 12.1 Å². The number of anilines is 1. The zero-order chi connectivity index (χ0) is 15.3. The van der Waals surface area contributed by atoms with Gasteiger partial charge in [-0.3, -0.25) is 0 Å². The number of carboxylic acids is 1. The molecule has 0 radical (unpaired) electrons. The largest absolute Gasteiger partial charge is 0.495 e. The first kappa shape index (κ1) is 14.9. The Labute approximate surface area is 119 Å². The van der Waals surface area contributed by atoms with Gasteiger partial charge in [0.25, 0.3) is 0 Å². The lowest BCUT2D eigenvalue weighted by atomic mass is 9.75. The molecule has 5 nitrogen and oxygen atoms in total. The minimum Gasteiger partial charge on any atom is -0.478 e. The van der Waals surface area contributed by atoms with E-state index in [0.717, 1.165) is 5.56 Å². The molecule has 0 unspecified atom stereocenters. The van der Waals surface area contributed by atoms with Crippen molar-refractivity contribution in [2.75, 3.05) is 5.73 Å². The fourth-order valence-corrected chi connectivity index (χ4v) is 2.10. The van der Waals surface area contributed by atoms with Crippen molar-refractivity contribution in [3.63, 3.8) is 0 Å². The SMILES string of the molecule is Cc1c(N)cc(C(=O)O)cc1B1OC(C)(C)C(C)(C)O1. The lowest BCUT2D eigenvalue weighted by molar-refractivity contribution is 0.00578. The standard InChI is InChI=1S/C14H20BNO4/c1-8-10(6-9(12(17)18)7-11(8)16)15-19-13(2,3)14(4,5)20-15/h6-7H,16H2,1-5H3,(H,17,18). The van der Waals surface area contributed by atoms with Gasteiger partial charge < -0.3 is 20.1 Å². The van der Waals surface area contributed by atoms with Crippen LogP contribution >= 0.6 is 0 Å². The van der Waals surface area contributed by atoms with Gasteiger partial charge in [-0.2, -0.15) is 0 Å². The maximum absolute atomic E-state index is 11.1. The van der Waals surface area contributed by atoms with E-state index in [1.54, 1.807) is 6.07 Å². The summed E-state index contributed by atoms with van der Waals surface area (Å²) >= 11 is 0. The number of carboxylic acid groups (broad SMARTS) is 1. The fraction of sp³-hybridized carbons (Fsp3) is 0.500. The molecule has 1 aromatic rings. The molecule has 0 spiro atoms. The van der Waals surface area contributed by atoms with Gasteiger partial charge in [-0.15, -0.1) is 0 Å². The van der Waals surface area contributed by atoms with Gasteiger partial charge in [-0.25, -0.2) is 4.79 Å². The van der Waals surface area contributed by atoms with E-state index in [4.69, 9.17) is 20.1 Å². The predicted molar refractivity (Wildman–Crippen MR) is 78.3 cm³/mol. The second-order valence-corrected chi connectivity index (χ2v) is 6.17. The van der Waals surface area contributed by atoms with Crippen LogP contribution in [0.5, 0.6) is 0 Å². The minimum absolute atomic E-state index is 0.137. The summed E-state index contributed by atoms with van der Waals surface area (Å²) in [6, 6.07) is 3.02. The molecule has 0 aliphatic carbocycles. The molecular weight excluding hydrogens is 257 g/mol. The number of aromatic carboxylic acids is 1. The van der Waals surface area contributed by atoms with Crippen molar-refractivity contribution in [3.8, 4) is 0 Å². The van der Waals surface area contributed by atoms with Crippen molar-refractivity contribution >= 4 is 24.2 Å². The van der Waals surface area contributed by atoms with Crippen molar-refractivity contribution in [1.82, 2.24) is 0 Å². The summed E-state index contributed by atoms with van der Waals surface area (Å²) in [5, 5.41) is 9.14. The van der Waals surface area contributed by atoms with E-state index in [-0.39, 0.29) is 5.56 Å². The van der Waals surface area contributed by atoms with E-state index < -0.39 is 24.3 Å². The van der Waals surface area contributed by atoms with Crippen LogP contribution in [-0.4, -0.2) is 29.4 Å². The van der Waals surface area contributed by atoms with Crippen LogP contribution in [0.4, 0.5) is 5.69 Å². The van der Waals surface area contributed by atoms with Crippen LogP contribution in [0.1, 0.15) is 43.6 Å². The van der Waals surface area contributed by atoms with E-state index in [1.807, 2.05) is 34.6 Å². The Morgan fingerprint density at radius 2 is 1.70 bits per heavy atom. The highest BCUT2D eigenvalue weighted by atomic mass is 16.7. The molecule has 0 bridgehead atoms. The summed E-state index contributed by atoms with van der Waals surface area (Å²) in [5.74, 6) is -1.02. The molecule has 1 saturated heterocycles. The van der Waals surface area contributed by atoms with Crippen molar-refractivity contribution in [3.05, 3.63) is 23.3 Å². The van der Waals surface area contributed by atoms with Crippen LogP contribution < -0.4 is 11.2 Å². The zero-order valence-corrected chi connectivity index (χ0v) is 12.5. The first-order valence-electron chi connectivity index (χ1n) is 6.54. The zero-order valence-electron chi connectivity index (χ0n) is 12.5. The molecule has 1 aliphatic heterocycles. The fourth-order valence-electron chi connectivity index (χ4n) is 2.10. The topological polar surface area (TPSA) is 81.8 Å². The summed E-state index contributed by atoms with van der Waals surface area (Å²) in [6.07, 6.45) is 0. The molecule has 1 aliphatic rings. The second-order valence-electron chi connectivity index (χ2n) is 6.17. The van der Waals surface area contributed by atoms with Crippen molar-refractivity contribution in [1.29, 1.82) is 0 Å². The number of rotatable bonds is 2. The molecule has 3 N–H and O–H groups in total. The Balaban J connectivity index is 2.47. The highest BCUT2D eigenvalue weighted by molar-refractivity contribution is 6.63. The van der Waals surface area contributed by atoms with Gasteiger partial charge in [0.2, 0.25) is 0 Å². The first-order valence-corrected chi connectivity index (χ1v) is 6.54. The minimum atomic E-state index is -1.02. The molecule has 6 heteroatoms. The number of nitrogen functional groups attached to an aromatic ring is 1. The molecule has 20 heavy (non-hydrogen) atoms. The van der Waals surface area contributed by atoms with Crippen molar-refractivity contribution in [2.24, 2.45) is 0 Å². The third-order valence-corrected chi connectivity index (χ3v) is 4.24.